The number of aryl methyl sites for hydroxylation is 1. The van der Waals surface area contributed by atoms with E-state index in [2.05, 4.69) is 24.6 Å². The van der Waals surface area contributed by atoms with E-state index in [0.29, 0.717) is 5.92 Å². The van der Waals surface area contributed by atoms with Crippen molar-refractivity contribution in [2.24, 2.45) is 0 Å². The maximum absolute atomic E-state index is 11.3. The van der Waals surface area contributed by atoms with Crippen molar-refractivity contribution in [3.8, 4) is 0 Å². The Morgan fingerprint density at radius 3 is 2.69 bits per heavy atom. The van der Waals surface area contributed by atoms with Crippen molar-refractivity contribution >= 4 is 17.8 Å². The highest BCUT2D eigenvalue weighted by molar-refractivity contribution is 7.64. The van der Waals surface area contributed by atoms with Crippen molar-refractivity contribution in [1.82, 2.24) is 4.72 Å². The topological polar surface area (TPSA) is 46.2 Å². The summed E-state index contributed by atoms with van der Waals surface area (Å²) in [6.45, 7) is 6.21. The smallest absolute Gasteiger partial charge is 0.235 e. The zero-order valence-corrected chi connectivity index (χ0v) is 10.7. The van der Waals surface area contributed by atoms with E-state index in [1.807, 2.05) is 19.1 Å². The van der Waals surface area contributed by atoms with Crippen LogP contribution in [0.3, 0.4) is 0 Å². The Labute approximate surface area is 99.9 Å². The van der Waals surface area contributed by atoms with Crippen LogP contribution in [0.25, 0.3) is 0 Å². The lowest BCUT2D eigenvalue weighted by Crippen LogP contribution is -2.21. The molecular weight excluding hydrogens is 222 g/mol. The van der Waals surface area contributed by atoms with Crippen LogP contribution in [0.15, 0.2) is 18.2 Å². The summed E-state index contributed by atoms with van der Waals surface area (Å²) in [6.07, 6.45) is 0.279. The quantitative estimate of drug-likeness (QED) is 0.785. The van der Waals surface area contributed by atoms with Gasteiger partial charge in [0.05, 0.1) is 6.42 Å². The number of thiol groups is 1. The van der Waals surface area contributed by atoms with E-state index in [0.717, 1.165) is 11.1 Å². The first-order valence-electron chi connectivity index (χ1n) is 5.25. The third-order valence-corrected chi connectivity index (χ3v) is 2.90. The lowest BCUT2D eigenvalue weighted by atomic mass is 9.96. The number of benzene rings is 1. The molecule has 0 saturated heterocycles. The molecule has 0 aromatic heterocycles. The summed E-state index contributed by atoms with van der Waals surface area (Å²) < 4.78 is 12.5. The second-order valence-corrected chi connectivity index (χ2v) is 4.55. The van der Waals surface area contributed by atoms with Gasteiger partial charge in [0.1, 0.15) is 11.9 Å². The van der Waals surface area contributed by atoms with Gasteiger partial charge in [-0.1, -0.05) is 32.0 Å². The minimum Gasteiger partial charge on any atom is -0.277 e. The first-order valence-corrected chi connectivity index (χ1v) is 6.06. The normalized spacial score (nSPS) is 10.5. The van der Waals surface area contributed by atoms with E-state index in [1.165, 1.54) is 5.56 Å². The van der Waals surface area contributed by atoms with Gasteiger partial charge in [-0.2, -0.15) is 0 Å². The molecule has 0 unspecified atom stereocenters. The summed E-state index contributed by atoms with van der Waals surface area (Å²) in [7, 11) is 0. The molecule has 0 aliphatic rings. The average molecular weight is 239 g/mol. The molecule has 88 valence electrons. The molecule has 4 heteroatoms. The van der Waals surface area contributed by atoms with Gasteiger partial charge in [0.25, 0.3) is 0 Å². The minimum atomic E-state index is -0.337. The molecule has 0 heterocycles. The van der Waals surface area contributed by atoms with Gasteiger partial charge in [-0.25, -0.2) is 4.21 Å². The molecule has 0 atom stereocenters. The van der Waals surface area contributed by atoms with E-state index in [4.69, 9.17) is 0 Å². The minimum absolute atomic E-state index is 0.222. The van der Waals surface area contributed by atoms with Gasteiger partial charge in [-0.15, -0.1) is 0 Å². The molecular formula is C12H17NO2S. The highest BCUT2D eigenvalue weighted by Crippen LogP contribution is 2.18. The monoisotopic (exact) mass is 239 g/mol. The van der Waals surface area contributed by atoms with E-state index < -0.39 is 0 Å². The molecule has 0 spiro atoms. The average Bonchev–Trinajstić information content (AvgIpc) is 2.21. The summed E-state index contributed by atoms with van der Waals surface area (Å²) in [5, 5.41) is 0. The maximum Gasteiger partial charge on any atom is 0.235 e. The summed E-state index contributed by atoms with van der Waals surface area (Å²) >= 11 is -0.337. The molecule has 1 N–H and O–H groups in total. The number of carbonyl (C=O) groups excluding carboxylic acids is 1. The van der Waals surface area contributed by atoms with Crippen LogP contribution in [0.5, 0.6) is 0 Å². The highest BCUT2D eigenvalue weighted by Gasteiger charge is 2.07. The highest BCUT2D eigenvalue weighted by atomic mass is 32.2. The van der Waals surface area contributed by atoms with Gasteiger partial charge in [0.15, 0.2) is 0 Å². The lowest BCUT2D eigenvalue weighted by Gasteiger charge is -2.10. The molecule has 0 bridgehead atoms. The second kappa shape index (κ2) is 5.80. The predicted molar refractivity (Wildman–Crippen MR) is 66.7 cm³/mol. The Balaban J connectivity index is 2.89. The van der Waals surface area contributed by atoms with E-state index >= 15 is 0 Å². The molecule has 0 radical (unpaired) electrons. The number of carbonyl (C=O) groups is 1. The number of rotatable bonds is 4. The first-order chi connectivity index (χ1) is 7.54. The van der Waals surface area contributed by atoms with Crippen LogP contribution >= 0.6 is 0 Å². The lowest BCUT2D eigenvalue weighted by molar-refractivity contribution is -0.118. The van der Waals surface area contributed by atoms with Gasteiger partial charge >= 0.3 is 0 Å². The molecule has 1 rings (SSSR count). The molecule has 0 aliphatic carbocycles. The molecule has 0 fully saturated rings. The molecule has 0 aliphatic heterocycles. The zero-order valence-electron chi connectivity index (χ0n) is 9.78. The standard InChI is InChI=1S/C12H17NO2S/c1-8(2)10-5-4-9(3)11(6-10)7-12(14)13-16-15/h4-6,8,16H,7H2,1-3H3,(H,13,14,15). The van der Waals surface area contributed by atoms with E-state index in [-0.39, 0.29) is 24.2 Å². The second-order valence-electron chi connectivity index (χ2n) is 4.14. The Morgan fingerprint density at radius 2 is 2.12 bits per heavy atom. The van der Waals surface area contributed by atoms with Crippen molar-refractivity contribution < 1.29 is 9.00 Å². The van der Waals surface area contributed by atoms with Crippen LogP contribution in [0.1, 0.15) is 36.5 Å². The van der Waals surface area contributed by atoms with Gasteiger partial charge < -0.3 is 0 Å². The third kappa shape index (κ3) is 3.45. The van der Waals surface area contributed by atoms with Crippen molar-refractivity contribution in [3.05, 3.63) is 34.9 Å². The van der Waals surface area contributed by atoms with Crippen LogP contribution in [0, 0.1) is 6.92 Å². The van der Waals surface area contributed by atoms with Crippen LogP contribution < -0.4 is 4.72 Å². The number of amides is 1. The molecule has 16 heavy (non-hydrogen) atoms. The Morgan fingerprint density at radius 1 is 1.44 bits per heavy atom. The molecule has 3 nitrogen and oxygen atoms in total. The Kier molecular flexibility index (Phi) is 4.68. The summed E-state index contributed by atoms with van der Waals surface area (Å²) in [4.78, 5) is 11.3. The summed E-state index contributed by atoms with van der Waals surface area (Å²) in [6, 6.07) is 6.14. The Hall–Kier alpha value is -1.16. The largest absolute Gasteiger partial charge is 0.277 e. The summed E-state index contributed by atoms with van der Waals surface area (Å²) in [5.41, 5.74) is 3.29. The summed E-state index contributed by atoms with van der Waals surface area (Å²) in [5.74, 6) is 0.223. The van der Waals surface area contributed by atoms with E-state index in [1.54, 1.807) is 0 Å². The van der Waals surface area contributed by atoms with Crippen LogP contribution in [0.4, 0.5) is 0 Å². The van der Waals surface area contributed by atoms with Crippen LogP contribution in [0.2, 0.25) is 0 Å². The number of hydrogen-bond donors (Lipinski definition) is 2. The fraction of sp³-hybridized carbons (Fsp3) is 0.417. The molecule has 1 aromatic rings. The number of nitrogens with one attached hydrogen (secondary N) is 1. The fourth-order valence-corrected chi connectivity index (χ4v) is 1.69. The van der Waals surface area contributed by atoms with Crippen LogP contribution in [-0.2, 0) is 23.1 Å². The number of hydrogen-bond acceptors (Lipinski definition) is 2. The fourth-order valence-electron chi connectivity index (χ4n) is 1.50. The predicted octanol–water partition coefficient (Wildman–Crippen LogP) is 1.64. The molecule has 1 amide bonds. The van der Waals surface area contributed by atoms with Gasteiger partial charge in [0.2, 0.25) is 5.91 Å². The molecule has 0 saturated carbocycles. The maximum atomic E-state index is 11.3. The first kappa shape index (κ1) is 12.9. The third-order valence-electron chi connectivity index (χ3n) is 2.56. The zero-order chi connectivity index (χ0) is 12.1. The van der Waals surface area contributed by atoms with Gasteiger partial charge in [-0.05, 0) is 29.5 Å². The van der Waals surface area contributed by atoms with Crippen molar-refractivity contribution in [2.45, 2.75) is 33.1 Å². The van der Waals surface area contributed by atoms with Gasteiger partial charge in [-0.3, -0.25) is 9.52 Å². The van der Waals surface area contributed by atoms with Crippen molar-refractivity contribution in [2.75, 3.05) is 0 Å². The van der Waals surface area contributed by atoms with E-state index in [9.17, 15) is 9.00 Å². The SMILES string of the molecule is Cc1ccc(C(C)C)cc1CC(=O)N[SH]=O. The van der Waals surface area contributed by atoms with Crippen molar-refractivity contribution in [3.63, 3.8) is 0 Å². The molecule has 1 aromatic carbocycles. The van der Waals surface area contributed by atoms with Crippen LogP contribution in [-0.4, -0.2) is 10.1 Å². The van der Waals surface area contributed by atoms with Crippen molar-refractivity contribution in [1.29, 1.82) is 0 Å². The van der Waals surface area contributed by atoms with Gasteiger partial charge in [0, 0.05) is 0 Å². The Bertz CT molecular complexity index is 402.